The van der Waals surface area contributed by atoms with E-state index in [4.69, 9.17) is 13.9 Å². The minimum absolute atomic E-state index is 0.118. The Hall–Kier alpha value is -4.07. The number of ether oxygens (including phenoxy) is 2. The molecule has 0 atom stereocenters. The molecule has 8 nitrogen and oxygen atoms in total. The first-order valence-electron chi connectivity index (χ1n) is 10.6. The van der Waals surface area contributed by atoms with E-state index in [0.717, 1.165) is 39.8 Å². The van der Waals surface area contributed by atoms with E-state index in [9.17, 15) is 9.90 Å². The van der Waals surface area contributed by atoms with Crippen molar-refractivity contribution in [3.63, 3.8) is 0 Å². The van der Waals surface area contributed by atoms with Crippen LogP contribution in [0.4, 0.5) is 5.82 Å². The van der Waals surface area contributed by atoms with E-state index in [1.165, 1.54) is 12.4 Å². The minimum atomic E-state index is -1.03. The molecule has 0 aliphatic heterocycles. The average molecular weight is 447 g/mol. The van der Waals surface area contributed by atoms with Crippen LogP contribution in [0.25, 0.3) is 22.2 Å². The van der Waals surface area contributed by atoms with Crippen LogP contribution in [0.15, 0.2) is 53.4 Å². The number of rotatable bonds is 9. The lowest BCUT2D eigenvalue weighted by atomic mass is 10.0. The van der Waals surface area contributed by atoms with Gasteiger partial charge in [0, 0.05) is 29.6 Å². The molecule has 0 radical (unpaired) electrons. The highest BCUT2D eigenvalue weighted by molar-refractivity contribution is 5.92. The number of carboxylic acids is 1. The number of aromatic carboxylic acids is 1. The van der Waals surface area contributed by atoms with Gasteiger partial charge in [0.1, 0.15) is 34.8 Å². The summed E-state index contributed by atoms with van der Waals surface area (Å²) in [6.45, 7) is 4.88. The molecule has 4 aromatic rings. The van der Waals surface area contributed by atoms with E-state index in [0.29, 0.717) is 30.4 Å². The topological polar surface area (TPSA) is 107 Å². The maximum absolute atomic E-state index is 11.4. The van der Waals surface area contributed by atoms with Gasteiger partial charge in [-0.2, -0.15) is 0 Å². The van der Waals surface area contributed by atoms with Crippen LogP contribution in [0.2, 0.25) is 0 Å². The van der Waals surface area contributed by atoms with Gasteiger partial charge in [-0.25, -0.2) is 14.8 Å². The van der Waals surface area contributed by atoms with Crippen molar-refractivity contribution in [1.82, 2.24) is 9.97 Å². The van der Waals surface area contributed by atoms with Gasteiger partial charge in [0.05, 0.1) is 25.7 Å². The third kappa shape index (κ3) is 4.59. The average Bonchev–Trinajstić information content (AvgIpc) is 3.29. The molecule has 0 aliphatic rings. The zero-order chi connectivity index (χ0) is 23.4. The quantitative estimate of drug-likeness (QED) is 0.371. The number of furan rings is 1. The number of anilines is 1. The zero-order valence-electron chi connectivity index (χ0n) is 18.7. The number of nitrogens with one attached hydrogen (secondary N) is 1. The monoisotopic (exact) mass is 447 g/mol. The molecular formula is C25H25N3O5. The largest absolute Gasteiger partial charge is 0.496 e. The molecule has 8 heteroatoms. The van der Waals surface area contributed by atoms with Crippen LogP contribution in [-0.4, -0.2) is 41.3 Å². The Balaban J connectivity index is 1.52. The van der Waals surface area contributed by atoms with Crippen molar-refractivity contribution < 1.29 is 23.8 Å². The molecule has 0 saturated carbocycles. The lowest BCUT2D eigenvalue weighted by Crippen LogP contribution is -2.09. The zero-order valence-corrected chi connectivity index (χ0v) is 18.7. The molecule has 2 N–H and O–H groups in total. The molecular weight excluding hydrogens is 422 g/mol. The SMILES string of the molecule is CCOc1cc(-c2cc(NCCc3c(OC)cc4occc4c3C)ncn2)ccc1C(=O)O. The summed E-state index contributed by atoms with van der Waals surface area (Å²) in [6.07, 6.45) is 3.89. The van der Waals surface area contributed by atoms with Gasteiger partial charge in [-0.3, -0.25) is 0 Å². The summed E-state index contributed by atoms with van der Waals surface area (Å²) in [4.78, 5) is 20.1. The molecule has 2 heterocycles. The number of nitrogens with zero attached hydrogens (tertiary/aromatic N) is 2. The van der Waals surface area contributed by atoms with Crippen LogP contribution in [0, 0.1) is 6.92 Å². The van der Waals surface area contributed by atoms with Crippen molar-refractivity contribution in [2.45, 2.75) is 20.3 Å². The van der Waals surface area contributed by atoms with Crippen molar-refractivity contribution in [2.75, 3.05) is 25.6 Å². The Morgan fingerprint density at radius 2 is 2.00 bits per heavy atom. The smallest absolute Gasteiger partial charge is 0.339 e. The van der Waals surface area contributed by atoms with Crippen molar-refractivity contribution in [2.24, 2.45) is 0 Å². The summed E-state index contributed by atoms with van der Waals surface area (Å²) in [7, 11) is 1.66. The number of fused-ring (bicyclic) bond motifs is 1. The predicted molar refractivity (Wildman–Crippen MR) is 125 cm³/mol. The van der Waals surface area contributed by atoms with Gasteiger partial charge in [-0.15, -0.1) is 0 Å². The van der Waals surface area contributed by atoms with Crippen molar-refractivity contribution in [1.29, 1.82) is 0 Å². The number of hydrogen-bond donors (Lipinski definition) is 2. The van der Waals surface area contributed by atoms with E-state index in [1.54, 1.807) is 25.5 Å². The van der Waals surface area contributed by atoms with Crippen LogP contribution >= 0.6 is 0 Å². The number of methoxy groups -OCH3 is 1. The minimum Gasteiger partial charge on any atom is -0.496 e. The first-order chi connectivity index (χ1) is 16.0. The molecule has 33 heavy (non-hydrogen) atoms. The Kier molecular flexibility index (Phi) is 6.44. The van der Waals surface area contributed by atoms with Crippen LogP contribution in [0.1, 0.15) is 28.4 Å². The fourth-order valence-corrected chi connectivity index (χ4v) is 3.85. The Labute approximate surface area is 191 Å². The second-order valence-corrected chi connectivity index (χ2v) is 7.43. The fourth-order valence-electron chi connectivity index (χ4n) is 3.85. The highest BCUT2D eigenvalue weighted by atomic mass is 16.5. The normalized spacial score (nSPS) is 10.9. The lowest BCUT2D eigenvalue weighted by Gasteiger charge is -2.14. The summed E-state index contributed by atoms with van der Waals surface area (Å²) < 4.78 is 16.6. The lowest BCUT2D eigenvalue weighted by molar-refractivity contribution is 0.0692. The first-order valence-corrected chi connectivity index (χ1v) is 10.6. The van der Waals surface area contributed by atoms with Gasteiger partial charge >= 0.3 is 5.97 Å². The van der Waals surface area contributed by atoms with E-state index < -0.39 is 5.97 Å². The molecule has 4 rings (SSSR count). The Bertz CT molecular complexity index is 1300. The van der Waals surface area contributed by atoms with E-state index in [1.807, 2.05) is 25.1 Å². The van der Waals surface area contributed by atoms with Crippen LogP contribution in [0.5, 0.6) is 11.5 Å². The molecule has 2 aromatic carbocycles. The molecule has 0 aliphatic carbocycles. The fraction of sp³-hybridized carbons (Fsp3) is 0.240. The van der Waals surface area contributed by atoms with Crippen LogP contribution in [0.3, 0.4) is 0 Å². The van der Waals surface area contributed by atoms with Crippen LogP contribution < -0.4 is 14.8 Å². The molecule has 0 fully saturated rings. The van der Waals surface area contributed by atoms with Gasteiger partial charge in [0.15, 0.2) is 0 Å². The number of carbonyl (C=O) groups is 1. The molecule has 170 valence electrons. The molecule has 0 spiro atoms. The highest BCUT2D eigenvalue weighted by Gasteiger charge is 2.15. The molecule has 0 amide bonds. The third-order valence-corrected chi connectivity index (χ3v) is 5.49. The Morgan fingerprint density at radius 3 is 2.76 bits per heavy atom. The van der Waals surface area contributed by atoms with Crippen molar-refractivity contribution >= 4 is 22.8 Å². The first kappa shape index (κ1) is 22.1. The van der Waals surface area contributed by atoms with Crippen molar-refractivity contribution in [3.05, 3.63) is 65.7 Å². The van der Waals surface area contributed by atoms with E-state index >= 15 is 0 Å². The van der Waals surface area contributed by atoms with Gasteiger partial charge in [-0.05, 0) is 49.6 Å². The van der Waals surface area contributed by atoms with E-state index in [-0.39, 0.29) is 5.56 Å². The summed E-state index contributed by atoms with van der Waals surface area (Å²) >= 11 is 0. The Morgan fingerprint density at radius 1 is 1.15 bits per heavy atom. The second kappa shape index (κ2) is 9.60. The van der Waals surface area contributed by atoms with Gasteiger partial charge in [-0.1, -0.05) is 6.07 Å². The van der Waals surface area contributed by atoms with E-state index in [2.05, 4.69) is 22.2 Å². The number of hydrogen-bond acceptors (Lipinski definition) is 7. The number of aromatic nitrogens is 2. The highest BCUT2D eigenvalue weighted by Crippen LogP contribution is 2.32. The second-order valence-electron chi connectivity index (χ2n) is 7.43. The van der Waals surface area contributed by atoms with Crippen molar-refractivity contribution in [3.8, 4) is 22.8 Å². The summed E-state index contributed by atoms with van der Waals surface area (Å²) in [5.74, 6) is 0.741. The number of aryl methyl sites for hydroxylation is 1. The standard InChI is InChI=1S/C25H25N3O5/c1-4-32-22-11-16(5-6-19(22)25(29)30)20-12-24(28-14-27-20)26-9-7-17-15(2)18-8-10-33-23(18)13-21(17)31-3/h5-6,8,10-14H,4,7,9H2,1-3H3,(H,29,30)(H,26,27,28). The molecule has 0 unspecified atom stereocenters. The van der Waals surface area contributed by atoms with Gasteiger partial charge in [0.25, 0.3) is 0 Å². The maximum atomic E-state index is 11.4. The summed E-state index contributed by atoms with van der Waals surface area (Å²) in [5.41, 5.74) is 4.58. The predicted octanol–water partition coefficient (Wildman–Crippen LogP) is 4.96. The van der Waals surface area contributed by atoms with Gasteiger partial charge < -0.3 is 24.3 Å². The van der Waals surface area contributed by atoms with Gasteiger partial charge in [0.2, 0.25) is 0 Å². The number of carboxylic acid groups (broad SMARTS) is 1. The maximum Gasteiger partial charge on any atom is 0.339 e. The van der Waals surface area contributed by atoms with Crippen LogP contribution in [-0.2, 0) is 6.42 Å². The number of benzene rings is 2. The summed E-state index contributed by atoms with van der Waals surface area (Å²) in [5, 5.41) is 13.8. The molecule has 0 bridgehead atoms. The molecule has 0 saturated heterocycles. The summed E-state index contributed by atoms with van der Waals surface area (Å²) in [6, 6.07) is 10.6. The third-order valence-electron chi connectivity index (χ3n) is 5.49. The molecule has 2 aromatic heterocycles.